The fraction of sp³-hybridized carbons (Fsp3) is 0.0909. The van der Waals surface area contributed by atoms with E-state index >= 15 is 0 Å². The molecule has 29 heavy (non-hydrogen) atoms. The van der Waals surface area contributed by atoms with Gasteiger partial charge in [0.05, 0.1) is 13.3 Å². The van der Waals surface area contributed by atoms with Crippen molar-refractivity contribution in [1.82, 2.24) is 5.43 Å². The largest absolute Gasteiger partial charge is 0.493 e. The summed E-state index contributed by atoms with van der Waals surface area (Å²) in [5.41, 5.74) is 4.93. The molecule has 3 aromatic carbocycles. The summed E-state index contributed by atoms with van der Waals surface area (Å²) in [6.45, 7) is 0.429. The molecule has 0 bridgehead atoms. The van der Waals surface area contributed by atoms with Crippen LogP contribution in [0.15, 0.2) is 82.4 Å². The van der Waals surface area contributed by atoms with Crippen molar-refractivity contribution in [2.75, 3.05) is 12.4 Å². The van der Waals surface area contributed by atoms with E-state index in [0.717, 1.165) is 15.6 Å². The Balaban J connectivity index is 1.56. The SMILES string of the molecule is COc1cc(/C=N/NC(=O)Nc2ccccc2)ccc1OCc1ccc(Br)cc1. The Labute approximate surface area is 177 Å². The molecule has 0 fully saturated rings. The summed E-state index contributed by atoms with van der Waals surface area (Å²) in [7, 11) is 1.58. The van der Waals surface area contributed by atoms with Gasteiger partial charge >= 0.3 is 6.03 Å². The number of benzene rings is 3. The van der Waals surface area contributed by atoms with Crippen molar-refractivity contribution in [2.24, 2.45) is 5.10 Å². The maximum atomic E-state index is 11.8. The zero-order chi connectivity index (χ0) is 20.5. The number of hydrazone groups is 1. The predicted octanol–water partition coefficient (Wildman–Crippen LogP) is 5.19. The molecule has 148 valence electrons. The molecular weight excluding hydrogens is 434 g/mol. The molecule has 0 heterocycles. The quantitative estimate of drug-likeness (QED) is 0.381. The van der Waals surface area contributed by atoms with Gasteiger partial charge in [-0.1, -0.05) is 46.3 Å². The van der Waals surface area contributed by atoms with E-state index in [1.807, 2.05) is 54.6 Å². The standard InChI is InChI=1S/C22H20BrN3O3/c1-28-21-13-17(14-24-26-22(27)25-19-5-3-2-4-6-19)9-12-20(21)29-15-16-7-10-18(23)11-8-16/h2-14H,15H2,1H3,(H2,25,26,27)/b24-14+. The van der Waals surface area contributed by atoms with Gasteiger partial charge in [0.25, 0.3) is 0 Å². The first-order chi connectivity index (χ1) is 14.1. The number of halogens is 1. The van der Waals surface area contributed by atoms with Gasteiger partial charge in [-0.3, -0.25) is 0 Å². The normalized spacial score (nSPS) is 10.6. The first kappa shape index (κ1) is 20.4. The second kappa shape index (κ2) is 10.3. The third kappa shape index (κ3) is 6.36. The lowest BCUT2D eigenvalue weighted by Crippen LogP contribution is -2.24. The van der Waals surface area contributed by atoms with E-state index in [0.29, 0.717) is 23.8 Å². The average Bonchev–Trinajstić information content (AvgIpc) is 2.74. The summed E-state index contributed by atoms with van der Waals surface area (Å²) in [6.07, 6.45) is 1.53. The molecule has 0 aliphatic heterocycles. The molecule has 2 N–H and O–H groups in total. The minimum absolute atomic E-state index is 0.422. The van der Waals surface area contributed by atoms with Crippen LogP contribution in [0, 0.1) is 0 Å². The number of ether oxygens (including phenoxy) is 2. The fourth-order valence-corrected chi connectivity index (χ4v) is 2.74. The van der Waals surface area contributed by atoms with Crippen LogP contribution in [0.1, 0.15) is 11.1 Å². The van der Waals surface area contributed by atoms with Crippen LogP contribution in [0.5, 0.6) is 11.5 Å². The van der Waals surface area contributed by atoms with E-state index in [-0.39, 0.29) is 0 Å². The molecular formula is C22H20BrN3O3. The minimum atomic E-state index is -0.422. The molecule has 7 heteroatoms. The molecule has 0 aromatic heterocycles. The van der Waals surface area contributed by atoms with Crippen LogP contribution in [0.25, 0.3) is 0 Å². The van der Waals surface area contributed by atoms with Gasteiger partial charge in [0.1, 0.15) is 6.61 Å². The molecule has 3 rings (SSSR count). The van der Waals surface area contributed by atoms with Gasteiger partial charge in [0, 0.05) is 10.2 Å². The number of carbonyl (C=O) groups is 1. The highest BCUT2D eigenvalue weighted by molar-refractivity contribution is 9.10. The number of amides is 2. The van der Waals surface area contributed by atoms with Crippen molar-refractivity contribution in [3.8, 4) is 11.5 Å². The highest BCUT2D eigenvalue weighted by Crippen LogP contribution is 2.28. The van der Waals surface area contributed by atoms with Crippen molar-refractivity contribution in [3.63, 3.8) is 0 Å². The zero-order valence-electron chi connectivity index (χ0n) is 15.8. The van der Waals surface area contributed by atoms with Gasteiger partial charge in [-0.25, -0.2) is 10.2 Å². The Morgan fingerprint density at radius 1 is 1.03 bits per heavy atom. The first-order valence-electron chi connectivity index (χ1n) is 8.84. The summed E-state index contributed by atoms with van der Waals surface area (Å²) >= 11 is 3.41. The molecule has 0 aliphatic carbocycles. The van der Waals surface area contributed by atoms with Gasteiger partial charge < -0.3 is 14.8 Å². The second-order valence-corrected chi connectivity index (χ2v) is 6.93. The Kier molecular flexibility index (Phi) is 7.24. The van der Waals surface area contributed by atoms with Crippen molar-refractivity contribution < 1.29 is 14.3 Å². The third-order valence-electron chi connectivity index (χ3n) is 3.91. The second-order valence-electron chi connectivity index (χ2n) is 6.02. The zero-order valence-corrected chi connectivity index (χ0v) is 17.3. The van der Waals surface area contributed by atoms with Crippen LogP contribution in [-0.4, -0.2) is 19.4 Å². The number of anilines is 1. The van der Waals surface area contributed by atoms with E-state index in [1.165, 1.54) is 6.21 Å². The van der Waals surface area contributed by atoms with Crippen LogP contribution in [0.4, 0.5) is 10.5 Å². The van der Waals surface area contributed by atoms with Crippen LogP contribution >= 0.6 is 15.9 Å². The van der Waals surface area contributed by atoms with Gasteiger partial charge in [0.2, 0.25) is 0 Å². The average molecular weight is 454 g/mol. The maximum Gasteiger partial charge on any atom is 0.339 e. The van der Waals surface area contributed by atoms with Gasteiger partial charge in [-0.05, 0) is 53.6 Å². The fourth-order valence-electron chi connectivity index (χ4n) is 2.47. The topological polar surface area (TPSA) is 72.0 Å². The third-order valence-corrected chi connectivity index (χ3v) is 4.44. The van der Waals surface area contributed by atoms with Crippen LogP contribution < -0.4 is 20.2 Å². The van der Waals surface area contributed by atoms with Crippen molar-refractivity contribution in [2.45, 2.75) is 6.61 Å². The first-order valence-corrected chi connectivity index (χ1v) is 9.64. The van der Waals surface area contributed by atoms with Crippen LogP contribution in [0.3, 0.4) is 0 Å². The lowest BCUT2D eigenvalue weighted by Gasteiger charge is -2.11. The van der Waals surface area contributed by atoms with Crippen LogP contribution in [0.2, 0.25) is 0 Å². The smallest absolute Gasteiger partial charge is 0.339 e. The van der Waals surface area contributed by atoms with E-state index in [1.54, 1.807) is 25.3 Å². The number of hydrogen-bond acceptors (Lipinski definition) is 4. The molecule has 0 unspecified atom stereocenters. The Hall–Kier alpha value is -3.32. The number of methoxy groups -OCH3 is 1. The predicted molar refractivity (Wildman–Crippen MR) is 118 cm³/mol. The molecule has 0 spiro atoms. The Morgan fingerprint density at radius 3 is 2.52 bits per heavy atom. The summed E-state index contributed by atoms with van der Waals surface area (Å²) in [5.74, 6) is 1.21. The maximum absolute atomic E-state index is 11.8. The lowest BCUT2D eigenvalue weighted by molar-refractivity contribution is 0.252. The number of rotatable bonds is 7. The van der Waals surface area contributed by atoms with Gasteiger partial charge in [0.15, 0.2) is 11.5 Å². The monoisotopic (exact) mass is 453 g/mol. The molecule has 0 aliphatic rings. The molecule has 2 amide bonds. The lowest BCUT2D eigenvalue weighted by atomic mass is 10.2. The van der Waals surface area contributed by atoms with E-state index in [2.05, 4.69) is 31.8 Å². The molecule has 6 nitrogen and oxygen atoms in total. The Bertz CT molecular complexity index is 976. The van der Waals surface area contributed by atoms with E-state index in [9.17, 15) is 4.79 Å². The summed E-state index contributed by atoms with van der Waals surface area (Å²) in [4.78, 5) is 11.8. The molecule has 0 radical (unpaired) electrons. The summed E-state index contributed by atoms with van der Waals surface area (Å²) < 4.78 is 12.3. The molecule has 0 saturated carbocycles. The minimum Gasteiger partial charge on any atom is -0.493 e. The van der Waals surface area contributed by atoms with Crippen molar-refractivity contribution >= 4 is 33.9 Å². The Morgan fingerprint density at radius 2 is 1.79 bits per heavy atom. The number of para-hydroxylation sites is 1. The van der Waals surface area contributed by atoms with Crippen LogP contribution in [-0.2, 0) is 6.61 Å². The number of urea groups is 1. The van der Waals surface area contributed by atoms with Gasteiger partial charge in [-0.15, -0.1) is 0 Å². The highest BCUT2D eigenvalue weighted by Gasteiger charge is 2.06. The number of hydrogen-bond donors (Lipinski definition) is 2. The number of carbonyl (C=O) groups excluding carboxylic acids is 1. The van der Waals surface area contributed by atoms with Crippen molar-refractivity contribution in [1.29, 1.82) is 0 Å². The van der Waals surface area contributed by atoms with Gasteiger partial charge in [-0.2, -0.15) is 5.10 Å². The van der Waals surface area contributed by atoms with Crippen molar-refractivity contribution in [3.05, 3.63) is 88.4 Å². The molecule has 0 saturated heterocycles. The molecule has 3 aromatic rings. The number of nitrogens with zero attached hydrogens (tertiary/aromatic N) is 1. The highest BCUT2D eigenvalue weighted by atomic mass is 79.9. The van der Waals surface area contributed by atoms with E-state index in [4.69, 9.17) is 9.47 Å². The summed E-state index contributed by atoms with van der Waals surface area (Å²) in [5, 5.41) is 6.64. The number of nitrogens with one attached hydrogen (secondary N) is 2. The molecule has 0 atom stereocenters. The summed E-state index contributed by atoms with van der Waals surface area (Å²) in [6, 6.07) is 22.1. The van der Waals surface area contributed by atoms with E-state index < -0.39 is 6.03 Å².